The molecule has 5 aliphatic rings. The lowest BCUT2D eigenvalue weighted by atomic mass is 9.80. The average molecular weight is 842 g/mol. The zero-order chi connectivity index (χ0) is 42.6. The number of nitrogens with one attached hydrogen (secondary N) is 1. The van der Waals surface area contributed by atoms with Gasteiger partial charge in [-0.25, -0.2) is 4.98 Å². The minimum absolute atomic E-state index is 0.0185. The van der Waals surface area contributed by atoms with Gasteiger partial charge in [0.05, 0.1) is 36.4 Å². The zero-order valence-corrected chi connectivity index (χ0v) is 35.5. The highest BCUT2D eigenvalue weighted by Gasteiger charge is 2.60. The number of pyridine rings is 1. The minimum Gasteiger partial charge on any atom is -0.772 e. The molecular weight excluding hydrogens is 785 g/mol. The molecule has 13 nitrogen and oxygen atoms in total. The van der Waals surface area contributed by atoms with Crippen LogP contribution in [0.1, 0.15) is 84.5 Å². The van der Waals surface area contributed by atoms with Crippen molar-refractivity contribution in [3.8, 4) is 22.8 Å². The maximum absolute atomic E-state index is 14.8. The van der Waals surface area contributed by atoms with Crippen LogP contribution in [0.2, 0.25) is 0 Å². The van der Waals surface area contributed by atoms with Gasteiger partial charge in [-0.2, -0.15) is 0 Å². The molecule has 3 saturated carbocycles. The molecule has 3 N–H and O–H groups in total. The van der Waals surface area contributed by atoms with E-state index < -0.39 is 46.4 Å². The predicted molar refractivity (Wildman–Crippen MR) is 226 cm³/mol. The Morgan fingerprint density at radius 3 is 2.40 bits per heavy atom. The molecule has 3 amide bonds. The number of primary amides is 1. The summed E-state index contributed by atoms with van der Waals surface area (Å²) in [5.41, 5.74) is 7.06. The molecule has 1 saturated heterocycles. The number of ketones is 1. The van der Waals surface area contributed by atoms with Crippen molar-refractivity contribution in [2.24, 2.45) is 29.4 Å². The Labute approximate surface area is 354 Å². The van der Waals surface area contributed by atoms with Crippen LogP contribution in [0.5, 0.6) is 11.5 Å². The molecule has 4 fully saturated rings. The smallest absolute Gasteiger partial charge is 0.243 e. The number of Topliss-reactive ketones (excluding diaryl/α,β-unsaturated/α-hetero) is 1. The monoisotopic (exact) mass is 841 g/mol. The Morgan fingerprint density at radius 2 is 1.73 bits per heavy atom. The molecule has 3 aliphatic carbocycles. The van der Waals surface area contributed by atoms with E-state index in [1.165, 1.54) is 0 Å². The molecule has 322 valence electrons. The van der Waals surface area contributed by atoms with Crippen molar-refractivity contribution in [2.75, 3.05) is 20.2 Å². The molecule has 1 aromatic heterocycles. The number of rotatable bonds is 8. The van der Waals surface area contributed by atoms with E-state index in [9.17, 15) is 27.9 Å². The van der Waals surface area contributed by atoms with E-state index >= 15 is 0 Å². The summed E-state index contributed by atoms with van der Waals surface area (Å²) in [6, 6.07) is 17.3. The number of amides is 3. The SMILES string of the molecule is COc1ccc2c(O[C@H]3CC4C(=O)[C@@H](CC(=O)N5CC(C)OC(C)C5)CCCCC/C=C\[C@@H]5C[C@@]5(C(N)=O)NC(=O)[C@@H]4C3)cc(-c3ccccc3)nc2c1.O=S([O-])C1CC1. The van der Waals surface area contributed by atoms with Crippen molar-refractivity contribution in [2.45, 2.75) is 114 Å². The van der Waals surface area contributed by atoms with Gasteiger partial charge in [0, 0.05) is 65.6 Å². The first-order valence-corrected chi connectivity index (χ1v) is 22.5. The van der Waals surface area contributed by atoms with Gasteiger partial charge < -0.3 is 34.7 Å². The summed E-state index contributed by atoms with van der Waals surface area (Å²) < 4.78 is 37.7. The van der Waals surface area contributed by atoms with Gasteiger partial charge in [0.2, 0.25) is 17.7 Å². The quantitative estimate of drug-likeness (QED) is 0.207. The Hall–Kier alpha value is -4.66. The summed E-state index contributed by atoms with van der Waals surface area (Å²) in [7, 11) is 1.61. The first-order chi connectivity index (χ1) is 28.8. The maximum atomic E-state index is 14.8. The Kier molecular flexibility index (Phi) is 13.7. The van der Waals surface area contributed by atoms with Gasteiger partial charge in [-0.15, -0.1) is 0 Å². The molecule has 3 aromatic rings. The maximum Gasteiger partial charge on any atom is 0.243 e. The standard InChI is InChI=1S/C43H52N4O7.C3H6O2S/c1-26-24-47(25-27(2)53-26)39(48)18-29-14-8-5-4-6-11-15-30-23-43(30,42(44)51)46-41(50)35-20-32(19-34(35)40(29)49)54-38-22-36(28-12-9-7-10-13-28)45-37-21-31(52-3)16-17-33(37)38;4-6(5)3-1-2-3/h7,9-13,15-17,21-22,26-27,29-30,32,34-35H,4-6,8,14,18-20,23-25H2,1-3H3,(H2,44,51)(H,46,50);3H,1-2H2,(H,4,5)/p-1/b15-11-;/t26?,27?,29-,30-,32+,34?,35-,43-;/m1./s1. The second kappa shape index (κ2) is 18.9. The number of nitrogens with two attached hydrogens (primary N) is 1. The van der Waals surface area contributed by atoms with Gasteiger partial charge in [-0.05, 0) is 77.3 Å². The summed E-state index contributed by atoms with van der Waals surface area (Å²) in [6.07, 6.45) is 10.2. The molecule has 8 rings (SSSR count). The molecule has 14 heteroatoms. The van der Waals surface area contributed by atoms with Gasteiger partial charge in [0.25, 0.3) is 0 Å². The Bertz CT molecular complexity index is 2100. The number of hydrogen-bond donors (Lipinski definition) is 2. The lowest BCUT2D eigenvalue weighted by Crippen LogP contribution is -2.51. The Balaban J connectivity index is 0.000000834. The highest BCUT2D eigenvalue weighted by molar-refractivity contribution is 7.80. The van der Waals surface area contributed by atoms with E-state index in [1.54, 1.807) is 7.11 Å². The number of hydrogen-bond acceptors (Lipinski definition) is 10. The molecule has 9 atom stereocenters. The predicted octanol–water partition coefficient (Wildman–Crippen LogP) is 5.80. The average Bonchev–Trinajstić information content (AvgIpc) is 4.16. The van der Waals surface area contributed by atoms with E-state index in [0.717, 1.165) is 49.5 Å². The summed E-state index contributed by atoms with van der Waals surface area (Å²) >= 11 is -1.76. The third-order valence-corrected chi connectivity index (χ3v) is 13.6. The van der Waals surface area contributed by atoms with E-state index in [1.807, 2.05) is 79.4 Å². The van der Waals surface area contributed by atoms with Crippen LogP contribution in [0, 0.1) is 23.7 Å². The third kappa shape index (κ3) is 10.3. The van der Waals surface area contributed by atoms with Crippen LogP contribution < -0.4 is 20.5 Å². The van der Waals surface area contributed by atoms with E-state index in [4.69, 9.17) is 24.9 Å². The van der Waals surface area contributed by atoms with Crippen molar-refractivity contribution < 1.29 is 42.2 Å². The van der Waals surface area contributed by atoms with Crippen molar-refractivity contribution >= 4 is 45.5 Å². The number of fused-ring (bicyclic) bond motifs is 3. The molecule has 60 heavy (non-hydrogen) atoms. The van der Waals surface area contributed by atoms with Crippen LogP contribution in [0.3, 0.4) is 0 Å². The molecule has 0 spiro atoms. The molecule has 0 bridgehead atoms. The number of benzene rings is 2. The van der Waals surface area contributed by atoms with Gasteiger partial charge in [0.1, 0.15) is 28.9 Å². The second-order valence-corrected chi connectivity index (χ2v) is 18.4. The van der Waals surface area contributed by atoms with E-state index in [2.05, 4.69) is 11.4 Å². The molecule has 3 heterocycles. The third-order valence-electron chi connectivity index (χ3n) is 12.5. The summed E-state index contributed by atoms with van der Waals surface area (Å²) in [5.74, 6) is -2.08. The van der Waals surface area contributed by atoms with E-state index in [-0.39, 0.29) is 53.8 Å². The van der Waals surface area contributed by atoms with Crippen LogP contribution in [-0.4, -0.2) is 91.5 Å². The van der Waals surface area contributed by atoms with Crippen LogP contribution in [0.4, 0.5) is 0 Å². The number of nitrogens with zero attached hydrogens (tertiary/aromatic N) is 2. The van der Waals surface area contributed by atoms with E-state index in [0.29, 0.717) is 55.1 Å². The fourth-order valence-corrected chi connectivity index (χ4v) is 9.59. The topological polar surface area (TPSA) is 190 Å². The van der Waals surface area contributed by atoms with Crippen LogP contribution in [0.15, 0.2) is 66.7 Å². The molecular formula is C46H57N4O9S-. The second-order valence-electron chi connectivity index (χ2n) is 17.2. The normalized spacial score (nSPS) is 30.5. The summed E-state index contributed by atoms with van der Waals surface area (Å²) in [5, 5.41) is 3.81. The number of carbonyl (C=O) groups excluding carboxylic acids is 4. The number of aromatic nitrogens is 1. The van der Waals surface area contributed by atoms with Crippen molar-refractivity contribution in [3.05, 3.63) is 66.7 Å². The van der Waals surface area contributed by atoms with Gasteiger partial charge in [-0.1, -0.05) is 66.4 Å². The number of methoxy groups -OCH3 is 1. The van der Waals surface area contributed by atoms with Gasteiger partial charge >= 0.3 is 0 Å². The molecule has 4 unspecified atom stereocenters. The fourth-order valence-electron chi connectivity index (χ4n) is 9.07. The minimum atomic E-state index is -1.76. The number of carbonyl (C=O) groups is 4. The number of morpholine rings is 1. The first kappa shape index (κ1) is 43.4. The molecule has 2 aromatic carbocycles. The summed E-state index contributed by atoms with van der Waals surface area (Å²) in [4.78, 5) is 62.5. The zero-order valence-electron chi connectivity index (χ0n) is 34.7. The van der Waals surface area contributed by atoms with Gasteiger partial charge in [-0.3, -0.25) is 23.4 Å². The number of ether oxygens (including phenoxy) is 3. The fraction of sp³-hybridized carbons (Fsp3) is 0.543. The van der Waals surface area contributed by atoms with Crippen molar-refractivity contribution in [3.63, 3.8) is 0 Å². The van der Waals surface area contributed by atoms with Gasteiger partial charge in [0.15, 0.2) is 0 Å². The number of allylic oxidation sites excluding steroid dienone is 1. The largest absolute Gasteiger partial charge is 0.772 e. The van der Waals surface area contributed by atoms with Crippen LogP contribution >= 0.6 is 0 Å². The van der Waals surface area contributed by atoms with Crippen LogP contribution in [-0.2, 0) is 35.0 Å². The molecule has 2 aliphatic heterocycles. The summed E-state index contributed by atoms with van der Waals surface area (Å²) in [6.45, 7) is 4.87. The van der Waals surface area contributed by atoms with Crippen molar-refractivity contribution in [1.29, 1.82) is 0 Å². The highest BCUT2D eigenvalue weighted by Crippen LogP contribution is 2.47. The van der Waals surface area contributed by atoms with Crippen molar-refractivity contribution in [1.82, 2.24) is 15.2 Å². The Morgan fingerprint density at radius 1 is 1.00 bits per heavy atom. The highest BCUT2D eigenvalue weighted by atomic mass is 32.2. The molecule has 0 radical (unpaired) electrons. The van der Waals surface area contributed by atoms with Crippen LogP contribution in [0.25, 0.3) is 22.2 Å². The first-order valence-electron chi connectivity index (χ1n) is 21.4. The lowest BCUT2D eigenvalue weighted by Gasteiger charge is -2.36. The lowest BCUT2D eigenvalue weighted by molar-refractivity contribution is -0.147.